The van der Waals surface area contributed by atoms with E-state index in [0.717, 1.165) is 12.8 Å². The summed E-state index contributed by atoms with van der Waals surface area (Å²) in [7, 11) is 4.30. The first-order valence-electron chi connectivity index (χ1n) is 7.15. The number of hydrogen-bond acceptors (Lipinski definition) is 8. The van der Waals surface area contributed by atoms with Crippen molar-refractivity contribution in [1.82, 2.24) is 0 Å². The molecule has 0 aromatic rings. The molecule has 22 heavy (non-hydrogen) atoms. The van der Waals surface area contributed by atoms with Crippen molar-refractivity contribution in [3.8, 4) is 0 Å². The van der Waals surface area contributed by atoms with Crippen molar-refractivity contribution in [2.45, 2.75) is 38.0 Å². The molecule has 0 bridgehead atoms. The lowest BCUT2D eigenvalue weighted by atomic mass is 10.5. The maximum absolute atomic E-state index is 5.77. The van der Waals surface area contributed by atoms with Crippen LogP contribution in [0.2, 0.25) is 0 Å². The van der Waals surface area contributed by atoms with Gasteiger partial charge in [-0.25, -0.2) is 0 Å². The lowest BCUT2D eigenvalue weighted by Gasteiger charge is -2.28. The van der Waals surface area contributed by atoms with Crippen molar-refractivity contribution in [2.75, 3.05) is 42.7 Å². The summed E-state index contributed by atoms with van der Waals surface area (Å²) >= 11 is 0. The molecule has 0 spiro atoms. The SMILES string of the molecule is CCC(N)[Si](OC)(OC)OC.CCC(N)[Si](OC)(OC)OC. The van der Waals surface area contributed by atoms with E-state index in [9.17, 15) is 0 Å². The maximum atomic E-state index is 5.77. The highest BCUT2D eigenvalue weighted by Gasteiger charge is 2.44. The summed E-state index contributed by atoms with van der Waals surface area (Å²) in [4.78, 5) is 0. The monoisotopic (exact) mass is 358 g/mol. The fourth-order valence-corrected chi connectivity index (χ4v) is 5.72. The van der Waals surface area contributed by atoms with Crippen LogP contribution in [0.3, 0.4) is 0 Å². The van der Waals surface area contributed by atoms with Crippen LogP contribution < -0.4 is 11.5 Å². The Labute approximate surface area is 137 Å². The Kier molecular flexibility index (Phi) is 13.9. The molecule has 0 amide bonds. The van der Waals surface area contributed by atoms with E-state index in [1.54, 1.807) is 42.7 Å². The molecule has 0 radical (unpaired) electrons. The van der Waals surface area contributed by atoms with Crippen LogP contribution in [0.5, 0.6) is 0 Å². The van der Waals surface area contributed by atoms with E-state index in [1.807, 2.05) is 13.8 Å². The van der Waals surface area contributed by atoms with Gasteiger partial charge in [-0.1, -0.05) is 13.8 Å². The maximum Gasteiger partial charge on any atom is 0.517 e. The Morgan fingerprint density at radius 3 is 0.818 bits per heavy atom. The van der Waals surface area contributed by atoms with Crippen LogP contribution >= 0.6 is 0 Å². The summed E-state index contributed by atoms with van der Waals surface area (Å²) in [6.45, 7) is 3.95. The van der Waals surface area contributed by atoms with Gasteiger partial charge in [0.15, 0.2) is 0 Å². The minimum atomic E-state index is -2.54. The molecule has 2 atom stereocenters. The zero-order valence-electron chi connectivity index (χ0n) is 15.2. The van der Waals surface area contributed by atoms with E-state index in [-0.39, 0.29) is 11.3 Å². The van der Waals surface area contributed by atoms with Crippen LogP contribution in [0.4, 0.5) is 0 Å². The highest BCUT2D eigenvalue weighted by Crippen LogP contribution is 2.12. The Balaban J connectivity index is 0. The average molecular weight is 359 g/mol. The van der Waals surface area contributed by atoms with Gasteiger partial charge in [0, 0.05) is 42.7 Å². The fourth-order valence-electron chi connectivity index (χ4n) is 1.91. The molecular weight excluding hydrogens is 324 g/mol. The van der Waals surface area contributed by atoms with Crippen molar-refractivity contribution >= 4 is 17.6 Å². The van der Waals surface area contributed by atoms with E-state index in [4.69, 9.17) is 38.0 Å². The summed E-state index contributed by atoms with van der Waals surface area (Å²) in [5.41, 5.74) is 11.3. The largest absolute Gasteiger partial charge is 0.517 e. The molecule has 0 rings (SSSR count). The van der Waals surface area contributed by atoms with Gasteiger partial charge in [-0.2, -0.15) is 0 Å². The van der Waals surface area contributed by atoms with Gasteiger partial charge in [0.05, 0.1) is 11.3 Å². The first kappa shape index (κ1) is 24.4. The van der Waals surface area contributed by atoms with E-state index < -0.39 is 17.6 Å². The van der Waals surface area contributed by atoms with Crippen molar-refractivity contribution in [1.29, 1.82) is 0 Å². The molecule has 0 saturated carbocycles. The van der Waals surface area contributed by atoms with Crippen LogP contribution in [-0.2, 0) is 26.6 Å². The second-order valence-electron chi connectivity index (χ2n) is 4.46. The van der Waals surface area contributed by atoms with Crippen molar-refractivity contribution in [3.05, 3.63) is 0 Å². The number of hydrogen-bond donors (Lipinski definition) is 2. The minimum absolute atomic E-state index is 0.137. The van der Waals surface area contributed by atoms with E-state index in [1.165, 1.54) is 0 Å². The molecule has 0 aliphatic rings. The molecule has 0 heterocycles. The summed E-state index contributed by atoms with van der Waals surface area (Å²) in [5, 5.41) is 0. The van der Waals surface area contributed by atoms with Crippen molar-refractivity contribution in [3.63, 3.8) is 0 Å². The third-order valence-electron chi connectivity index (χ3n) is 3.50. The molecule has 0 aliphatic heterocycles. The lowest BCUT2D eigenvalue weighted by Crippen LogP contribution is -2.58. The highest BCUT2D eigenvalue weighted by atomic mass is 28.4. The quantitative estimate of drug-likeness (QED) is 0.536. The highest BCUT2D eigenvalue weighted by molar-refractivity contribution is 6.62. The van der Waals surface area contributed by atoms with Gasteiger partial charge in [-0.05, 0) is 12.8 Å². The predicted molar refractivity (Wildman–Crippen MR) is 90.1 cm³/mol. The van der Waals surface area contributed by atoms with Gasteiger partial charge in [0.25, 0.3) is 0 Å². The number of rotatable bonds is 10. The molecule has 2 unspecified atom stereocenters. The minimum Gasteiger partial charge on any atom is -0.376 e. The third-order valence-corrected chi connectivity index (χ3v) is 9.54. The summed E-state index contributed by atoms with van der Waals surface area (Å²) in [6.07, 6.45) is 1.59. The Hall–Kier alpha value is 0.114. The average Bonchev–Trinajstić information content (AvgIpc) is 2.59. The molecule has 0 fully saturated rings. The molecule has 0 aliphatic carbocycles. The van der Waals surface area contributed by atoms with Gasteiger partial charge in [-0.15, -0.1) is 0 Å². The summed E-state index contributed by atoms with van der Waals surface area (Å²) in [5.74, 6) is 0. The summed E-state index contributed by atoms with van der Waals surface area (Å²) < 4.78 is 31.0. The third kappa shape index (κ3) is 6.31. The molecule has 4 N–H and O–H groups in total. The van der Waals surface area contributed by atoms with Crippen LogP contribution in [0.1, 0.15) is 26.7 Å². The van der Waals surface area contributed by atoms with E-state index >= 15 is 0 Å². The van der Waals surface area contributed by atoms with E-state index in [2.05, 4.69) is 0 Å². The normalized spacial score (nSPS) is 15.0. The first-order chi connectivity index (χ1) is 10.3. The zero-order chi connectivity index (χ0) is 17.8. The molecule has 10 heteroatoms. The van der Waals surface area contributed by atoms with Crippen molar-refractivity contribution in [2.24, 2.45) is 11.5 Å². The van der Waals surface area contributed by atoms with Crippen LogP contribution in [0.15, 0.2) is 0 Å². The van der Waals surface area contributed by atoms with Crippen LogP contribution in [0.25, 0.3) is 0 Å². The Morgan fingerprint density at radius 1 is 0.591 bits per heavy atom. The first-order valence-corrected chi connectivity index (χ1v) is 10.8. The molecule has 136 valence electrons. The van der Waals surface area contributed by atoms with Crippen molar-refractivity contribution < 1.29 is 26.6 Å². The fraction of sp³-hybridized carbons (Fsp3) is 1.00. The molecular formula is C12H34N2O6Si2. The lowest BCUT2D eigenvalue weighted by molar-refractivity contribution is 0.112. The van der Waals surface area contributed by atoms with Gasteiger partial charge in [-0.3, -0.25) is 0 Å². The number of nitrogens with two attached hydrogens (primary N) is 2. The van der Waals surface area contributed by atoms with Gasteiger partial charge in [0.1, 0.15) is 0 Å². The molecule has 0 saturated heterocycles. The second-order valence-corrected chi connectivity index (χ2v) is 10.8. The Bertz CT molecular complexity index is 225. The smallest absolute Gasteiger partial charge is 0.376 e. The van der Waals surface area contributed by atoms with E-state index in [0.29, 0.717) is 0 Å². The predicted octanol–water partition coefficient (Wildman–Crippen LogP) is 0.282. The zero-order valence-corrected chi connectivity index (χ0v) is 17.2. The standard InChI is InChI=1S/2C6H17NO3Si/c2*1-5-6(7)11(8-2,9-3)10-4/h2*6H,5,7H2,1-4H3. The van der Waals surface area contributed by atoms with Crippen LogP contribution in [-0.4, -0.2) is 71.6 Å². The van der Waals surface area contributed by atoms with Gasteiger partial charge >= 0.3 is 17.6 Å². The Morgan fingerprint density at radius 2 is 0.773 bits per heavy atom. The van der Waals surface area contributed by atoms with Gasteiger partial charge in [0.2, 0.25) is 0 Å². The topological polar surface area (TPSA) is 107 Å². The molecule has 0 aromatic carbocycles. The van der Waals surface area contributed by atoms with Crippen LogP contribution in [0, 0.1) is 0 Å². The second kappa shape index (κ2) is 12.5. The van der Waals surface area contributed by atoms with Gasteiger partial charge < -0.3 is 38.0 Å². The molecule has 0 aromatic heterocycles. The summed E-state index contributed by atoms with van der Waals surface area (Å²) in [6, 6.07) is 0. The molecule has 8 nitrogen and oxygen atoms in total.